The molecular weight excluding hydrogens is 308 g/mol. The van der Waals surface area contributed by atoms with E-state index in [0.29, 0.717) is 41.0 Å². The second-order valence-electron chi connectivity index (χ2n) is 6.00. The van der Waals surface area contributed by atoms with Crippen LogP contribution in [0.25, 0.3) is 11.3 Å². The monoisotopic (exact) mass is 322 g/mol. The van der Waals surface area contributed by atoms with Crippen LogP contribution in [0.1, 0.15) is 24.3 Å². The zero-order valence-electron chi connectivity index (χ0n) is 12.1. The van der Waals surface area contributed by atoms with E-state index >= 15 is 0 Å². The largest absolute Gasteiger partial charge is 0.489 e. The lowest BCUT2D eigenvalue weighted by molar-refractivity contribution is 0.0690. The van der Waals surface area contributed by atoms with Crippen molar-refractivity contribution in [2.45, 2.75) is 13.8 Å². The number of rotatable bonds is 2. The van der Waals surface area contributed by atoms with Gasteiger partial charge in [0.15, 0.2) is 11.5 Å². The maximum Gasteiger partial charge on any atom is 0.353 e. The third-order valence-electron chi connectivity index (χ3n) is 3.34. The zero-order chi connectivity index (χ0) is 15.9. The average molecular weight is 323 g/mol. The summed E-state index contributed by atoms with van der Waals surface area (Å²) in [6.07, 6.45) is 0. The number of hydrogen-bond donors (Lipinski definition) is 2. The topological polar surface area (TPSA) is 84.4 Å². The normalized spacial score (nSPS) is 16.1. The Morgan fingerprint density at radius 1 is 1.32 bits per heavy atom. The Bertz CT molecular complexity index is 739. The summed E-state index contributed by atoms with van der Waals surface area (Å²) in [6.45, 7) is 5.09. The second kappa shape index (κ2) is 5.21. The molecular formula is C15H15ClN2O4. The van der Waals surface area contributed by atoms with E-state index in [1.807, 2.05) is 13.8 Å². The number of nitrogens with one attached hydrogen (secondary N) is 1. The summed E-state index contributed by atoms with van der Waals surface area (Å²) in [4.78, 5) is 10.9. The molecule has 1 aliphatic rings. The number of aromatic nitrogens is 2. The molecule has 0 saturated carbocycles. The molecule has 0 aliphatic carbocycles. The summed E-state index contributed by atoms with van der Waals surface area (Å²) in [6, 6.07) is 4.89. The van der Waals surface area contributed by atoms with Crippen LogP contribution in [0.3, 0.4) is 0 Å². The number of hydrogen-bond acceptors (Lipinski definition) is 4. The number of aromatic carboxylic acids is 1. The molecule has 0 fully saturated rings. The van der Waals surface area contributed by atoms with E-state index in [0.717, 1.165) is 0 Å². The first kappa shape index (κ1) is 14.7. The fourth-order valence-corrected chi connectivity index (χ4v) is 2.39. The molecule has 0 radical (unpaired) electrons. The van der Waals surface area contributed by atoms with E-state index in [1.54, 1.807) is 12.1 Å². The minimum Gasteiger partial charge on any atom is -0.489 e. The minimum atomic E-state index is -1.07. The van der Waals surface area contributed by atoms with Crippen molar-refractivity contribution in [1.29, 1.82) is 0 Å². The van der Waals surface area contributed by atoms with E-state index in [9.17, 15) is 4.79 Å². The van der Waals surface area contributed by atoms with Gasteiger partial charge in [0.25, 0.3) is 0 Å². The van der Waals surface area contributed by atoms with Gasteiger partial charge in [-0.1, -0.05) is 25.4 Å². The number of nitrogens with zero attached hydrogens (tertiary/aromatic N) is 1. The molecule has 7 heteroatoms. The first-order chi connectivity index (χ1) is 10.4. The van der Waals surface area contributed by atoms with Gasteiger partial charge in [0, 0.05) is 11.0 Å². The van der Waals surface area contributed by atoms with E-state index in [4.69, 9.17) is 26.2 Å². The number of carboxylic acid groups (broad SMARTS) is 1. The van der Waals surface area contributed by atoms with E-state index in [-0.39, 0.29) is 11.1 Å². The SMILES string of the molecule is CC1(C)COc2cc(-c3cc(C(=O)O)[nH]n3)cc(Cl)c2OC1. The van der Waals surface area contributed by atoms with Crippen molar-refractivity contribution in [2.75, 3.05) is 13.2 Å². The molecule has 116 valence electrons. The first-order valence-corrected chi connectivity index (χ1v) is 7.12. The number of carbonyl (C=O) groups is 1. The van der Waals surface area contributed by atoms with Crippen LogP contribution < -0.4 is 9.47 Å². The predicted molar refractivity (Wildman–Crippen MR) is 80.8 cm³/mol. The van der Waals surface area contributed by atoms with Gasteiger partial charge in [-0.3, -0.25) is 5.10 Å². The maximum atomic E-state index is 10.9. The molecule has 0 spiro atoms. The molecule has 1 aromatic carbocycles. The van der Waals surface area contributed by atoms with Crippen LogP contribution in [0.2, 0.25) is 5.02 Å². The highest BCUT2D eigenvalue weighted by atomic mass is 35.5. The third kappa shape index (κ3) is 2.74. The summed E-state index contributed by atoms with van der Waals surface area (Å²) in [7, 11) is 0. The minimum absolute atomic E-state index is 0.0133. The smallest absolute Gasteiger partial charge is 0.353 e. The fraction of sp³-hybridized carbons (Fsp3) is 0.333. The summed E-state index contributed by atoms with van der Waals surface area (Å²) < 4.78 is 11.5. The van der Waals surface area contributed by atoms with Gasteiger partial charge in [-0.25, -0.2) is 4.79 Å². The van der Waals surface area contributed by atoms with Gasteiger partial charge in [0.05, 0.1) is 23.9 Å². The first-order valence-electron chi connectivity index (χ1n) is 6.74. The highest BCUT2D eigenvalue weighted by Gasteiger charge is 2.27. The number of ether oxygens (including phenoxy) is 2. The van der Waals surface area contributed by atoms with Crippen LogP contribution in [0.15, 0.2) is 18.2 Å². The highest BCUT2D eigenvalue weighted by molar-refractivity contribution is 6.32. The van der Waals surface area contributed by atoms with Crippen molar-refractivity contribution in [3.8, 4) is 22.8 Å². The summed E-state index contributed by atoms with van der Waals surface area (Å²) >= 11 is 6.27. The van der Waals surface area contributed by atoms with Crippen molar-refractivity contribution in [3.05, 3.63) is 28.9 Å². The lowest BCUT2D eigenvalue weighted by atomic mass is 9.97. The van der Waals surface area contributed by atoms with Gasteiger partial charge in [0.2, 0.25) is 0 Å². The average Bonchev–Trinajstić information content (AvgIpc) is 2.88. The van der Waals surface area contributed by atoms with Crippen LogP contribution in [0, 0.1) is 5.41 Å². The summed E-state index contributed by atoms with van der Waals surface area (Å²) in [5.74, 6) is -0.0288. The van der Waals surface area contributed by atoms with Crippen molar-refractivity contribution in [3.63, 3.8) is 0 Å². The van der Waals surface area contributed by atoms with Crippen LogP contribution in [-0.4, -0.2) is 34.5 Å². The molecule has 2 N–H and O–H groups in total. The second-order valence-corrected chi connectivity index (χ2v) is 6.41. The third-order valence-corrected chi connectivity index (χ3v) is 3.62. The highest BCUT2D eigenvalue weighted by Crippen LogP contribution is 2.42. The maximum absolute atomic E-state index is 10.9. The number of H-pyrrole nitrogens is 1. The molecule has 0 atom stereocenters. The van der Waals surface area contributed by atoms with Crippen molar-refractivity contribution >= 4 is 17.6 Å². The van der Waals surface area contributed by atoms with Crippen molar-refractivity contribution in [2.24, 2.45) is 5.41 Å². The molecule has 1 aromatic heterocycles. The van der Waals surface area contributed by atoms with Crippen LogP contribution in [0.4, 0.5) is 0 Å². The van der Waals surface area contributed by atoms with Crippen LogP contribution >= 0.6 is 11.6 Å². The number of aromatic amines is 1. The molecule has 0 unspecified atom stereocenters. The Hall–Kier alpha value is -2.21. The Kier molecular flexibility index (Phi) is 3.48. The Morgan fingerprint density at radius 3 is 2.73 bits per heavy atom. The number of carboxylic acids is 1. The van der Waals surface area contributed by atoms with E-state index < -0.39 is 5.97 Å². The molecule has 2 aromatic rings. The molecule has 6 nitrogen and oxygen atoms in total. The van der Waals surface area contributed by atoms with E-state index in [1.165, 1.54) is 6.07 Å². The van der Waals surface area contributed by atoms with Crippen molar-refractivity contribution in [1.82, 2.24) is 10.2 Å². The molecule has 0 saturated heterocycles. The lowest BCUT2D eigenvalue weighted by Gasteiger charge is -2.19. The van der Waals surface area contributed by atoms with Gasteiger partial charge in [-0.15, -0.1) is 0 Å². The van der Waals surface area contributed by atoms with Gasteiger partial charge < -0.3 is 14.6 Å². The van der Waals surface area contributed by atoms with Crippen LogP contribution in [-0.2, 0) is 0 Å². The fourth-order valence-electron chi connectivity index (χ4n) is 2.12. The van der Waals surface area contributed by atoms with Crippen LogP contribution in [0.5, 0.6) is 11.5 Å². The Balaban J connectivity index is 2.00. The Morgan fingerprint density at radius 2 is 2.05 bits per heavy atom. The van der Waals surface area contributed by atoms with Gasteiger partial charge in [-0.2, -0.15) is 5.10 Å². The molecule has 3 rings (SSSR count). The quantitative estimate of drug-likeness (QED) is 0.886. The lowest BCUT2D eigenvalue weighted by Crippen LogP contribution is -2.26. The van der Waals surface area contributed by atoms with Gasteiger partial charge in [0.1, 0.15) is 5.69 Å². The number of fused-ring (bicyclic) bond motifs is 1. The van der Waals surface area contributed by atoms with Gasteiger partial charge in [-0.05, 0) is 18.2 Å². The molecule has 22 heavy (non-hydrogen) atoms. The summed E-state index contributed by atoms with van der Waals surface area (Å²) in [5.41, 5.74) is 1.04. The van der Waals surface area contributed by atoms with Gasteiger partial charge >= 0.3 is 5.97 Å². The molecule has 1 aliphatic heterocycles. The molecule has 0 bridgehead atoms. The zero-order valence-corrected chi connectivity index (χ0v) is 12.9. The number of benzene rings is 1. The molecule has 2 heterocycles. The predicted octanol–water partition coefficient (Wildman–Crippen LogP) is 3.23. The standard InChI is InChI=1S/C15H15ClN2O4/c1-15(2)6-21-12-4-8(3-9(16)13(12)22-7-15)10-5-11(14(19)20)18-17-10/h3-5H,6-7H2,1-2H3,(H,17,18)(H,19,20). The Labute approximate surface area is 132 Å². The number of halogens is 1. The van der Waals surface area contributed by atoms with E-state index in [2.05, 4.69) is 10.2 Å². The van der Waals surface area contributed by atoms with Crippen molar-refractivity contribution < 1.29 is 19.4 Å². The summed E-state index contributed by atoms with van der Waals surface area (Å²) in [5, 5.41) is 15.8. The molecule has 0 amide bonds.